The van der Waals surface area contributed by atoms with Gasteiger partial charge in [-0.2, -0.15) is 4.68 Å². The van der Waals surface area contributed by atoms with Crippen molar-refractivity contribution in [1.29, 1.82) is 0 Å². The van der Waals surface area contributed by atoms with Crippen LogP contribution in [0.2, 0.25) is 0 Å². The molecule has 3 aromatic rings. The van der Waals surface area contributed by atoms with E-state index in [0.717, 1.165) is 24.9 Å². The first-order valence-electron chi connectivity index (χ1n) is 8.16. The summed E-state index contributed by atoms with van der Waals surface area (Å²) in [5.74, 6) is -0.660. The third kappa shape index (κ3) is 3.66. The van der Waals surface area contributed by atoms with E-state index in [0.29, 0.717) is 18.3 Å². The van der Waals surface area contributed by atoms with Crippen molar-refractivity contribution in [2.45, 2.75) is 32.1 Å². The van der Waals surface area contributed by atoms with Crippen LogP contribution in [0.3, 0.4) is 0 Å². The summed E-state index contributed by atoms with van der Waals surface area (Å²) in [5.41, 5.74) is 1.71. The SMILES string of the molecule is O=c1oc(-c2ccc(F)cc2)nn1CN(Cc1ccncc1)C1CC1. The second kappa shape index (κ2) is 6.60. The van der Waals surface area contributed by atoms with Crippen molar-refractivity contribution in [2.24, 2.45) is 0 Å². The highest BCUT2D eigenvalue weighted by molar-refractivity contribution is 5.51. The minimum atomic E-state index is -0.514. The van der Waals surface area contributed by atoms with E-state index in [9.17, 15) is 9.18 Å². The standard InChI is InChI=1S/C18H17FN4O2/c19-15-3-1-14(2-4-15)17-21-23(18(24)25-17)12-22(16-5-6-16)11-13-7-9-20-10-8-13/h1-4,7-10,16H,5-6,11-12H2. The Kier molecular flexibility index (Phi) is 4.15. The molecule has 0 radical (unpaired) electrons. The molecule has 25 heavy (non-hydrogen) atoms. The predicted molar refractivity (Wildman–Crippen MR) is 89.0 cm³/mol. The minimum absolute atomic E-state index is 0.199. The van der Waals surface area contributed by atoms with Crippen LogP contribution in [0.1, 0.15) is 18.4 Å². The van der Waals surface area contributed by atoms with Crippen LogP contribution >= 0.6 is 0 Å². The van der Waals surface area contributed by atoms with Gasteiger partial charge in [0.15, 0.2) is 0 Å². The maximum atomic E-state index is 13.0. The van der Waals surface area contributed by atoms with Gasteiger partial charge in [0.25, 0.3) is 0 Å². The van der Waals surface area contributed by atoms with Crippen molar-refractivity contribution in [1.82, 2.24) is 19.7 Å². The Balaban J connectivity index is 1.54. The molecule has 0 spiro atoms. The average Bonchev–Trinajstić information content (AvgIpc) is 3.41. The van der Waals surface area contributed by atoms with E-state index in [2.05, 4.69) is 15.0 Å². The van der Waals surface area contributed by atoms with Gasteiger partial charge in [0.2, 0.25) is 5.89 Å². The van der Waals surface area contributed by atoms with Gasteiger partial charge in [-0.25, -0.2) is 9.18 Å². The molecule has 0 amide bonds. The summed E-state index contributed by atoms with van der Waals surface area (Å²) >= 11 is 0. The number of rotatable bonds is 6. The first-order valence-corrected chi connectivity index (χ1v) is 8.16. The Hall–Kier alpha value is -2.80. The Labute approximate surface area is 143 Å². The maximum absolute atomic E-state index is 13.0. The molecule has 0 unspecified atom stereocenters. The molecule has 0 aliphatic heterocycles. The Bertz CT molecular complexity index is 901. The topological polar surface area (TPSA) is 64.2 Å². The molecule has 0 atom stereocenters. The van der Waals surface area contributed by atoms with Gasteiger partial charge in [0.1, 0.15) is 12.5 Å². The van der Waals surface area contributed by atoms with Crippen molar-refractivity contribution in [3.05, 3.63) is 70.7 Å². The molecule has 6 nitrogen and oxygen atoms in total. The van der Waals surface area contributed by atoms with Crippen LogP contribution in [0.15, 0.2) is 58.0 Å². The molecule has 2 aromatic heterocycles. The first kappa shape index (κ1) is 15.7. The molecule has 1 aliphatic rings. The van der Waals surface area contributed by atoms with Gasteiger partial charge in [0, 0.05) is 30.5 Å². The molecule has 2 heterocycles. The normalized spacial score (nSPS) is 14.2. The molecule has 0 bridgehead atoms. The van der Waals surface area contributed by atoms with Crippen molar-refractivity contribution < 1.29 is 8.81 Å². The van der Waals surface area contributed by atoms with Crippen LogP contribution < -0.4 is 5.76 Å². The number of aromatic nitrogens is 3. The van der Waals surface area contributed by atoms with Gasteiger partial charge in [-0.05, 0) is 54.8 Å². The molecular weight excluding hydrogens is 323 g/mol. The fraction of sp³-hybridized carbons (Fsp3) is 0.278. The highest BCUT2D eigenvalue weighted by Gasteiger charge is 2.30. The first-order chi connectivity index (χ1) is 12.2. The van der Waals surface area contributed by atoms with E-state index in [1.807, 2.05) is 12.1 Å². The van der Waals surface area contributed by atoms with E-state index in [1.165, 1.54) is 16.8 Å². The van der Waals surface area contributed by atoms with Gasteiger partial charge >= 0.3 is 5.76 Å². The zero-order chi connectivity index (χ0) is 17.2. The summed E-state index contributed by atoms with van der Waals surface area (Å²) in [6.07, 6.45) is 5.75. The summed E-state index contributed by atoms with van der Waals surface area (Å²) in [6, 6.07) is 10.1. The van der Waals surface area contributed by atoms with E-state index in [-0.39, 0.29) is 11.7 Å². The van der Waals surface area contributed by atoms with E-state index in [4.69, 9.17) is 4.42 Å². The smallest absolute Gasteiger partial charge is 0.388 e. The number of halogens is 1. The van der Waals surface area contributed by atoms with E-state index in [1.54, 1.807) is 24.5 Å². The van der Waals surface area contributed by atoms with Crippen LogP contribution in [-0.2, 0) is 13.2 Å². The maximum Gasteiger partial charge on any atom is 0.438 e. The van der Waals surface area contributed by atoms with E-state index >= 15 is 0 Å². The molecule has 0 N–H and O–H groups in total. The molecule has 0 saturated heterocycles. The number of pyridine rings is 1. The van der Waals surface area contributed by atoms with Gasteiger partial charge in [-0.3, -0.25) is 9.88 Å². The van der Waals surface area contributed by atoms with Crippen molar-refractivity contribution in [3.63, 3.8) is 0 Å². The lowest BCUT2D eigenvalue weighted by atomic mass is 10.2. The summed E-state index contributed by atoms with van der Waals surface area (Å²) < 4.78 is 19.6. The van der Waals surface area contributed by atoms with Crippen molar-refractivity contribution in [2.75, 3.05) is 0 Å². The molecule has 1 fully saturated rings. The van der Waals surface area contributed by atoms with Crippen molar-refractivity contribution >= 4 is 0 Å². The predicted octanol–water partition coefficient (Wildman–Crippen LogP) is 2.66. The average molecular weight is 340 g/mol. The molecule has 128 valence electrons. The lowest BCUT2D eigenvalue weighted by molar-refractivity contribution is 0.182. The van der Waals surface area contributed by atoms with Crippen LogP contribution in [0.25, 0.3) is 11.5 Å². The highest BCUT2D eigenvalue weighted by Crippen LogP contribution is 2.28. The zero-order valence-electron chi connectivity index (χ0n) is 13.5. The highest BCUT2D eigenvalue weighted by atomic mass is 19.1. The van der Waals surface area contributed by atoms with Gasteiger partial charge in [-0.15, -0.1) is 5.10 Å². The molecule has 1 saturated carbocycles. The fourth-order valence-corrected chi connectivity index (χ4v) is 2.73. The quantitative estimate of drug-likeness (QED) is 0.690. The number of hydrogen-bond donors (Lipinski definition) is 0. The second-order valence-corrected chi connectivity index (χ2v) is 6.15. The fourth-order valence-electron chi connectivity index (χ4n) is 2.73. The molecule has 1 aromatic carbocycles. The third-order valence-electron chi connectivity index (χ3n) is 4.21. The van der Waals surface area contributed by atoms with Crippen molar-refractivity contribution in [3.8, 4) is 11.5 Å². The molecule has 7 heteroatoms. The van der Waals surface area contributed by atoms with Gasteiger partial charge in [-0.1, -0.05) is 0 Å². The zero-order valence-corrected chi connectivity index (χ0v) is 13.5. The second-order valence-electron chi connectivity index (χ2n) is 6.15. The summed E-state index contributed by atoms with van der Waals surface area (Å²) in [6.45, 7) is 1.08. The summed E-state index contributed by atoms with van der Waals surface area (Å²) in [4.78, 5) is 18.4. The lowest BCUT2D eigenvalue weighted by Crippen LogP contribution is -2.32. The van der Waals surface area contributed by atoms with Crippen LogP contribution in [0.4, 0.5) is 4.39 Å². The number of benzene rings is 1. The molecule has 1 aliphatic carbocycles. The Morgan fingerprint density at radius 1 is 1.16 bits per heavy atom. The minimum Gasteiger partial charge on any atom is -0.388 e. The van der Waals surface area contributed by atoms with Crippen LogP contribution in [0.5, 0.6) is 0 Å². The van der Waals surface area contributed by atoms with Gasteiger partial charge < -0.3 is 4.42 Å². The summed E-state index contributed by atoms with van der Waals surface area (Å²) in [5, 5.41) is 4.26. The largest absolute Gasteiger partial charge is 0.438 e. The van der Waals surface area contributed by atoms with E-state index < -0.39 is 5.76 Å². The third-order valence-corrected chi connectivity index (χ3v) is 4.21. The Morgan fingerprint density at radius 2 is 1.88 bits per heavy atom. The number of hydrogen-bond acceptors (Lipinski definition) is 5. The lowest BCUT2D eigenvalue weighted by Gasteiger charge is -2.20. The Morgan fingerprint density at radius 3 is 2.56 bits per heavy atom. The van der Waals surface area contributed by atoms with Crippen LogP contribution in [-0.4, -0.2) is 25.7 Å². The van der Waals surface area contributed by atoms with Gasteiger partial charge in [0.05, 0.1) is 0 Å². The number of nitrogens with zero attached hydrogens (tertiary/aromatic N) is 4. The van der Waals surface area contributed by atoms with Crippen LogP contribution in [0, 0.1) is 5.82 Å². The molecule has 4 rings (SSSR count). The molecular formula is C18H17FN4O2. The summed E-state index contributed by atoms with van der Waals surface area (Å²) in [7, 11) is 0. The monoisotopic (exact) mass is 340 g/mol.